The van der Waals surface area contributed by atoms with Crippen LogP contribution in [0.15, 0.2) is 42.5 Å². The van der Waals surface area contributed by atoms with E-state index in [0.717, 1.165) is 6.26 Å². The summed E-state index contributed by atoms with van der Waals surface area (Å²) in [6.07, 6.45) is 1.05. The Morgan fingerprint density at radius 1 is 1.17 bits per heavy atom. The van der Waals surface area contributed by atoms with Gasteiger partial charge in [0.2, 0.25) is 10.0 Å². The van der Waals surface area contributed by atoms with Crippen molar-refractivity contribution in [2.45, 2.75) is 33.7 Å². The van der Waals surface area contributed by atoms with Crippen molar-refractivity contribution in [3.63, 3.8) is 0 Å². The number of halogens is 1. The maximum absolute atomic E-state index is 13.8. The molecule has 0 fully saturated rings. The molecule has 0 heterocycles. The number of carbonyl (C=O) groups excluding carboxylic acids is 1. The van der Waals surface area contributed by atoms with Gasteiger partial charge in [0, 0.05) is 5.56 Å². The molecule has 1 unspecified atom stereocenters. The Morgan fingerprint density at radius 2 is 1.83 bits per heavy atom. The van der Waals surface area contributed by atoms with E-state index in [1.165, 1.54) is 18.2 Å². The third kappa shape index (κ3) is 6.74. The van der Waals surface area contributed by atoms with Crippen molar-refractivity contribution in [1.82, 2.24) is 5.32 Å². The number of hydrogen-bond acceptors (Lipinski definition) is 4. The first-order chi connectivity index (χ1) is 13.4. The lowest BCUT2D eigenvalue weighted by Gasteiger charge is -2.31. The summed E-state index contributed by atoms with van der Waals surface area (Å²) >= 11 is 0. The van der Waals surface area contributed by atoms with E-state index in [1.807, 2.05) is 20.8 Å². The number of carbonyl (C=O) groups is 1. The van der Waals surface area contributed by atoms with Gasteiger partial charge in [0.05, 0.1) is 18.0 Å². The zero-order valence-electron chi connectivity index (χ0n) is 17.2. The lowest BCUT2D eigenvalue weighted by atomic mass is 9.87. The largest absolute Gasteiger partial charge is 0.488 e. The van der Waals surface area contributed by atoms with Crippen LogP contribution in [0.3, 0.4) is 0 Å². The number of nitrogens with one attached hydrogen (secondary N) is 2. The van der Waals surface area contributed by atoms with Crippen molar-refractivity contribution in [3.05, 3.63) is 59.4 Å². The van der Waals surface area contributed by atoms with Gasteiger partial charge < -0.3 is 10.1 Å². The normalized spacial score (nSPS) is 12.9. The molecule has 6 nitrogen and oxygen atoms in total. The van der Waals surface area contributed by atoms with Gasteiger partial charge in [0.1, 0.15) is 6.61 Å². The molecule has 2 aromatic carbocycles. The van der Waals surface area contributed by atoms with E-state index in [-0.39, 0.29) is 23.7 Å². The summed E-state index contributed by atoms with van der Waals surface area (Å²) in [4.78, 5) is 12.8. The fraction of sp³-hybridized carbons (Fsp3) is 0.381. The summed E-state index contributed by atoms with van der Waals surface area (Å²) < 4.78 is 44.9. The quantitative estimate of drug-likeness (QED) is 0.712. The Balaban J connectivity index is 2.18. The highest BCUT2D eigenvalue weighted by molar-refractivity contribution is 7.92. The molecule has 0 aliphatic rings. The van der Waals surface area contributed by atoms with Crippen LogP contribution in [0.25, 0.3) is 0 Å². The molecule has 0 bridgehead atoms. The maximum atomic E-state index is 13.8. The molecular formula is C21H27FN2O4S. The fourth-order valence-electron chi connectivity index (χ4n) is 2.56. The molecule has 0 saturated heterocycles. The molecule has 0 aliphatic carbocycles. The summed E-state index contributed by atoms with van der Waals surface area (Å²) in [6, 6.07) is 10.4. The Morgan fingerprint density at radius 3 is 2.41 bits per heavy atom. The first-order valence-corrected chi connectivity index (χ1v) is 11.0. The van der Waals surface area contributed by atoms with Gasteiger partial charge in [0.25, 0.3) is 5.91 Å². The standard InChI is InChI=1S/C21H27FN2O4S/c1-14-10-11-15(12-17(14)24-29(5,26)27)20(25)23-19(21(2,3)4)13-28-18-9-7-6-8-16(18)22/h6-12,19,24H,13H2,1-5H3,(H,23,25). The highest BCUT2D eigenvalue weighted by atomic mass is 32.2. The lowest BCUT2D eigenvalue weighted by Crippen LogP contribution is -2.47. The summed E-state index contributed by atoms with van der Waals surface area (Å²) in [6.45, 7) is 7.64. The van der Waals surface area contributed by atoms with Crippen LogP contribution in [-0.4, -0.2) is 33.2 Å². The number of rotatable bonds is 7. The predicted molar refractivity (Wildman–Crippen MR) is 112 cm³/mol. The Hall–Kier alpha value is -2.61. The van der Waals surface area contributed by atoms with Gasteiger partial charge in [-0.05, 0) is 42.2 Å². The molecule has 1 atom stereocenters. The van der Waals surface area contributed by atoms with Crippen LogP contribution >= 0.6 is 0 Å². The number of anilines is 1. The molecule has 1 amide bonds. The molecule has 2 N–H and O–H groups in total. The van der Waals surface area contributed by atoms with Crippen LogP contribution in [0.5, 0.6) is 5.75 Å². The third-order valence-electron chi connectivity index (χ3n) is 4.39. The monoisotopic (exact) mass is 422 g/mol. The highest BCUT2D eigenvalue weighted by Crippen LogP contribution is 2.23. The number of ether oxygens (including phenoxy) is 1. The number of hydrogen-bond donors (Lipinski definition) is 2. The third-order valence-corrected chi connectivity index (χ3v) is 4.98. The van der Waals surface area contributed by atoms with Crippen molar-refractivity contribution in [3.8, 4) is 5.75 Å². The lowest BCUT2D eigenvalue weighted by molar-refractivity contribution is 0.0860. The van der Waals surface area contributed by atoms with E-state index in [0.29, 0.717) is 16.8 Å². The summed E-state index contributed by atoms with van der Waals surface area (Å²) in [5.74, 6) is -0.730. The number of sulfonamides is 1. The van der Waals surface area contributed by atoms with E-state index in [2.05, 4.69) is 10.0 Å². The number of para-hydroxylation sites is 1. The van der Waals surface area contributed by atoms with Crippen molar-refractivity contribution < 1.29 is 22.3 Å². The Kier molecular flexibility index (Phi) is 6.89. The van der Waals surface area contributed by atoms with Crippen molar-refractivity contribution in [1.29, 1.82) is 0 Å². The van der Waals surface area contributed by atoms with Crippen molar-refractivity contribution in [2.24, 2.45) is 5.41 Å². The van der Waals surface area contributed by atoms with Crippen molar-refractivity contribution >= 4 is 21.6 Å². The second kappa shape index (κ2) is 8.82. The van der Waals surface area contributed by atoms with Gasteiger partial charge in [-0.2, -0.15) is 0 Å². The zero-order chi connectivity index (χ0) is 21.8. The minimum Gasteiger partial charge on any atom is -0.488 e. The average Bonchev–Trinajstić information content (AvgIpc) is 2.59. The van der Waals surface area contributed by atoms with Gasteiger partial charge in [0.15, 0.2) is 11.6 Å². The van der Waals surface area contributed by atoms with Gasteiger partial charge in [-0.1, -0.05) is 39.0 Å². The molecule has 2 rings (SSSR count). The Bertz CT molecular complexity index is 984. The zero-order valence-corrected chi connectivity index (χ0v) is 18.1. The molecule has 158 valence electrons. The second-order valence-corrected chi connectivity index (χ2v) is 9.79. The van der Waals surface area contributed by atoms with Crippen molar-refractivity contribution in [2.75, 3.05) is 17.6 Å². The molecule has 0 saturated carbocycles. The molecular weight excluding hydrogens is 395 g/mol. The van der Waals surface area contributed by atoms with Crippen LogP contribution in [0.1, 0.15) is 36.7 Å². The average molecular weight is 423 g/mol. The van der Waals surface area contributed by atoms with E-state index in [1.54, 1.807) is 31.2 Å². The SMILES string of the molecule is Cc1ccc(C(=O)NC(COc2ccccc2F)C(C)(C)C)cc1NS(C)(=O)=O. The van der Waals surface area contributed by atoms with Crippen LogP contribution in [0, 0.1) is 18.2 Å². The molecule has 29 heavy (non-hydrogen) atoms. The van der Waals surface area contributed by atoms with Crippen LogP contribution in [-0.2, 0) is 10.0 Å². The molecule has 0 aromatic heterocycles. The first kappa shape index (κ1) is 22.7. The van der Waals surface area contributed by atoms with E-state index in [9.17, 15) is 17.6 Å². The number of aryl methyl sites for hydroxylation is 1. The first-order valence-electron chi connectivity index (χ1n) is 9.13. The number of benzene rings is 2. The van der Waals surface area contributed by atoms with Crippen LogP contribution < -0.4 is 14.8 Å². The Labute approximate surface area is 171 Å². The summed E-state index contributed by atoms with van der Waals surface area (Å²) in [5, 5.41) is 2.91. The topological polar surface area (TPSA) is 84.5 Å². The molecule has 0 aliphatic heterocycles. The van der Waals surface area contributed by atoms with E-state index < -0.39 is 21.9 Å². The molecule has 2 aromatic rings. The second-order valence-electron chi connectivity index (χ2n) is 8.04. The van der Waals surface area contributed by atoms with E-state index >= 15 is 0 Å². The molecule has 0 radical (unpaired) electrons. The predicted octanol–water partition coefficient (Wildman–Crippen LogP) is 3.73. The van der Waals surface area contributed by atoms with Crippen LogP contribution in [0.4, 0.5) is 10.1 Å². The minimum absolute atomic E-state index is 0.0798. The number of amides is 1. The van der Waals surface area contributed by atoms with Gasteiger partial charge >= 0.3 is 0 Å². The van der Waals surface area contributed by atoms with Crippen LogP contribution in [0.2, 0.25) is 0 Å². The van der Waals surface area contributed by atoms with Gasteiger partial charge in [-0.25, -0.2) is 12.8 Å². The molecule has 0 spiro atoms. The van der Waals surface area contributed by atoms with E-state index in [4.69, 9.17) is 4.74 Å². The minimum atomic E-state index is -3.47. The van der Waals surface area contributed by atoms with Gasteiger partial charge in [-0.3, -0.25) is 9.52 Å². The summed E-state index contributed by atoms with van der Waals surface area (Å²) in [7, 11) is -3.47. The fourth-order valence-corrected chi connectivity index (χ4v) is 3.18. The smallest absolute Gasteiger partial charge is 0.251 e. The maximum Gasteiger partial charge on any atom is 0.251 e. The highest BCUT2D eigenvalue weighted by Gasteiger charge is 2.28. The molecule has 8 heteroatoms. The summed E-state index contributed by atoms with van der Waals surface area (Å²) in [5.41, 5.74) is 0.985. The van der Waals surface area contributed by atoms with Gasteiger partial charge in [-0.15, -0.1) is 0 Å².